The SMILES string of the molecule is Cc1ccc(S(=O)(=O)O)cc1Nc1ccc2c(c1)Sc1ccccc1N2. The molecule has 3 N–H and O–H groups in total. The summed E-state index contributed by atoms with van der Waals surface area (Å²) < 4.78 is 32.0. The second-order valence-electron chi connectivity index (χ2n) is 6.01. The van der Waals surface area contributed by atoms with Crippen LogP contribution in [0.5, 0.6) is 0 Å². The van der Waals surface area contributed by atoms with Gasteiger partial charge >= 0.3 is 0 Å². The number of hydrogen-bond donors (Lipinski definition) is 3. The summed E-state index contributed by atoms with van der Waals surface area (Å²) in [6, 6.07) is 18.5. The van der Waals surface area contributed by atoms with E-state index in [0.29, 0.717) is 5.69 Å². The molecule has 0 bridgehead atoms. The Morgan fingerprint density at radius 3 is 2.54 bits per heavy atom. The summed E-state index contributed by atoms with van der Waals surface area (Å²) in [5.74, 6) is 0. The van der Waals surface area contributed by atoms with Crippen molar-refractivity contribution in [2.45, 2.75) is 21.6 Å². The summed E-state index contributed by atoms with van der Waals surface area (Å²) in [6.45, 7) is 1.88. The number of nitrogens with one attached hydrogen (secondary N) is 2. The van der Waals surface area contributed by atoms with Gasteiger partial charge in [0.2, 0.25) is 0 Å². The Morgan fingerprint density at radius 2 is 1.73 bits per heavy atom. The van der Waals surface area contributed by atoms with Gasteiger partial charge in [-0.2, -0.15) is 8.42 Å². The molecule has 0 saturated carbocycles. The number of aryl methyl sites for hydroxylation is 1. The first kappa shape index (κ1) is 17.0. The third-order valence-corrected chi connectivity index (χ3v) is 6.13. The van der Waals surface area contributed by atoms with E-state index in [1.807, 2.05) is 43.3 Å². The zero-order valence-electron chi connectivity index (χ0n) is 13.9. The molecule has 5 nitrogen and oxygen atoms in total. The Kier molecular flexibility index (Phi) is 4.14. The van der Waals surface area contributed by atoms with E-state index in [-0.39, 0.29) is 4.90 Å². The van der Waals surface area contributed by atoms with E-state index in [4.69, 9.17) is 0 Å². The molecule has 3 aromatic rings. The third-order valence-electron chi connectivity index (χ3n) is 4.14. The van der Waals surface area contributed by atoms with Crippen LogP contribution in [-0.2, 0) is 10.1 Å². The number of fused-ring (bicyclic) bond motifs is 2. The van der Waals surface area contributed by atoms with Crippen LogP contribution in [-0.4, -0.2) is 13.0 Å². The molecule has 1 aliphatic rings. The maximum atomic E-state index is 11.4. The van der Waals surface area contributed by atoms with Gasteiger partial charge in [-0.1, -0.05) is 30.0 Å². The molecule has 1 aliphatic heterocycles. The lowest BCUT2D eigenvalue weighted by atomic mass is 10.2. The van der Waals surface area contributed by atoms with Gasteiger partial charge in [0.15, 0.2) is 0 Å². The molecular formula is C19H16N2O3S2. The quantitative estimate of drug-likeness (QED) is 0.422. The first-order valence-electron chi connectivity index (χ1n) is 7.93. The Balaban J connectivity index is 1.65. The van der Waals surface area contributed by atoms with Crippen molar-refractivity contribution in [1.29, 1.82) is 0 Å². The molecule has 0 unspecified atom stereocenters. The van der Waals surface area contributed by atoms with Gasteiger partial charge in [0, 0.05) is 21.2 Å². The second kappa shape index (κ2) is 6.35. The van der Waals surface area contributed by atoms with Crippen LogP contribution in [0.2, 0.25) is 0 Å². The molecule has 26 heavy (non-hydrogen) atoms. The van der Waals surface area contributed by atoms with Crippen LogP contribution in [0.4, 0.5) is 22.7 Å². The van der Waals surface area contributed by atoms with Gasteiger partial charge in [-0.25, -0.2) is 0 Å². The number of rotatable bonds is 3. The van der Waals surface area contributed by atoms with E-state index in [2.05, 4.69) is 16.7 Å². The molecule has 0 aromatic heterocycles. The average molecular weight is 384 g/mol. The van der Waals surface area contributed by atoms with Crippen molar-refractivity contribution < 1.29 is 13.0 Å². The average Bonchev–Trinajstić information content (AvgIpc) is 2.61. The van der Waals surface area contributed by atoms with E-state index in [9.17, 15) is 13.0 Å². The minimum atomic E-state index is -4.24. The highest BCUT2D eigenvalue weighted by Gasteiger charge is 2.16. The molecule has 0 radical (unpaired) electrons. The first-order chi connectivity index (χ1) is 12.4. The molecule has 0 amide bonds. The van der Waals surface area contributed by atoms with Crippen molar-refractivity contribution in [3.05, 3.63) is 66.2 Å². The lowest BCUT2D eigenvalue weighted by molar-refractivity contribution is 0.483. The predicted molar refractivity (Wildman–Crippen MR) is 105 cm³/mol. The minimum absolute atomic E-state index is 0.131. The Morgan fingerprint density at radius 1 is 0.962 bits per heavy atom. The highest BCUT2D eigenvalue weighted by Crippen LogP contribution is 2.45. The largest absolute Gasteiger partial charge is 0.355 e. The molecule has 0 spiro atoms. The van der Waals surface area contributed by atoms with Crippen molar-refractivity contribution in [1.82, 2.24) is 0 Å². The fraction of sp³-hybridized carbons (Fsp3) is 0.0526. The van der Waals surface area contributed by atoms with Gasteiger partial charge in [-0.3, -0.25) is 4.55 Å². The lowest BCUT2D eigenvalue weighted by Crippen LogP contribution is -2.02. The van der Waals surface area contributed by atoms with Crippen molar-refractivity contribution in [3.8, 4) is 0 Å². The van der Waals surface area contributed by atoms with Crippen LogP contribution < -0.4 is 10.6 Å². The number of hydrogen-bond acceptors (Lipinski definition) is 5. The third kappa shape index (κ3) is 3.29. The number of anilines is 4. The molecule has 0 saturated heterocycles. The topological polar surface area (TPSA) is 78.4 Å². The van der Waals surface area contributed by atoms with E-state index in [1.54, 1.807) is 17.8 Å². The Bertz CT molecular complexity index is 1110. The van der Waals surface area contributed by atoms with Gasteiger partial charge in [0.25, 0.3) is 10.1 Å². The van der Waals surface area contributed by atoms with Crippen molar-refractivity contribution in [3.63, 3.8) is 0 Å². The van der Waals surface area contributed by atoms with Crippen LogP contribution in [0.3, 0.4) is 0 Å². The van der Waals surface area contributed by atoms with Gasteiger partial charge in [-0.15, -0.1) is 0 Å². The highest BCUT2D eigenvalue weighted by atomic mass is 32.2. The van der Waals surface area contributed by atoms with E-state index >= 15 is 0 Å². The van der Waals surface area contributed by atoms with Gasteiger partial charge < -0.3 is 10.6 Å². The summed E-state index contributed by atoms with van der Waals surface area (Å²) in [7, 11) is -4.24. The zero-order valence-corrected chi connectivity index (χ0v) is 15.5. The monoisotopic (exact) mass is 384 g/mol. The summed E-state index contributed by atoms with van der Waals surface area (Å²) in [6.07, 6.45) is 0. The van der Waals surface area contributed by atoms with Gasteiger partial charge in [-0.05, 0) is 55.0 Å². The fourth-order valence-electron chi connectivity index (χ4n) is 2.76. The Labute approximate surface area is 156 Å². The maximum Gasteiger partial charge on any atom is 0.294 e. The molecule has 3 aromatic carbocycles. The van der Waals surface area contributed by atoms with Crippen molar-refractivity contribution >= 4 is 44.6 Å². The summed E-state index contributed by atoms with van der Waals surface area (Å²) in [5, 5.41) is 6.65. The summed E-state index contributed by atoms with van der Waals surface area (Å²) >= 11 is 1.68. The highest BCUT2D eigenvalue weighted by molar-refractivity contribution is 7.99. The summed E-state index contributed by atoms with van der Waals surface area (Å²) in [5.41, 5.74) is 4.47. The standard InChI is InChI=1S/C19H16N2O3S2/c1-12-6-8-14(26(22,23)24)11-17(12)20-13-7-9-16-19(10-13)25-18-5-3-2-4-15(18)21-16/h2-11,20-21H,1H3,(H,22,23,24). The lowest BCUT2D eigenvalue weighted by Gasteiger charge is -2.21. The zero-order chi connectivity index (χ0) is 18.3. The molecule has 0 aliphatic carbocycles. The van der Waals surface area contributed by atoms with E-state index in [1.165, 1.54) is 12.1 Å². The molecule has 7 heteroatoms. The fourth-order valence-corrected chi connectivity index (χ4v) is 4.30. The molecule has 1 heterocycles. The smallest absolute Gasteiger partial charge is 0.294 e. The van der Waals surface area contributed by atoms with Crippen LogP contribution in [0, 0.1) is 6.92 Å². The Hall–Kier alpha value is -2.48. The maximum absolute atomic E-state index is 11.4. The first-order valence-corrected chi connectivity index (χ1v) is 10.2. The van der Waals surface area contributed by atoms with Gasteiger partial charge in [0.1, 0.15) is 0 Å². The molecule has 132 valence electrons. The number of para-hydroxylation sites is 1. The number of benzene rings is 3. The molecular weight excluding hydrogens is 368 g/mol. The van der Waals surface area contributed by atoms with Crippen LogP contribution in [0.15, 0.2) is 75.4 Å². The van der Waals surface area contributed by atoms with Crippen LogP contribution in [0.1, 0.15) is 5.56 Å². The molecule has 0 atom stereocenters. The van der Waals surface area contributed by atoms with Crippen molar-refractivity contribution in [2.24, 2.45) is 0 Å². The van der Waals surface area contributed by atoms with E-state index < -0.39 is 10.1 Å². The summed E-state index contributed by atoms with van der Waals surface area (Å²) in [4.78, 5) is 2.10. The van der Waals surface area contributed by atoms with Crippen LogP contribution >= 0.6 is 11.8 Å². The molecule has 0 fully saturated rings. The van der Waals surface area contributed by atoms with E-state index in [0.717, 1.165) is 32.4 Å². The van der Waals surface area contributed by atoms with Crippen LogP contribution in [0.25, 0.3) is 0 Å². The minimum Gasteiger partial charge on any atom is -0.355 e. The predicted octanol–water partition coefficient (Wildman–Crippen LogP) is 5.19. The second-order valence-corrected chi connectivity index (χ2v) is 8.52. The van der Waals surface area contributed by atoms with Gasteiger partial charge in [0.05, 0.1) is 16.3 Å². The normalized spacial score (nSPS) is 12.7. The van der Waals surface area contributed by atoms with Crippen molar-refractivity contribution in [2.75, 3.05) is 10.6 Å². The molecule has 4 rings (SSSR count).